The molecule has 5 heteroatoms. The van der Waals surface area contributed by atoms with Crippen molar-refractivity contribution in [2.45, 2.75) is 12.8 Å². The fraction of sp³-hybridized carbons (Fsp3) is 0.143. The van der Waals surface area contributed by atoms with Gasteiger partial charge in [0, 0.05) is 12.4 Å². The van der Waals surface area contributed by atoms with Crippen LogP contribution in [0.25, 0.3) is 5.57 Å². The number of carbonyl (C=O) groups excluding carboxylic acids is 1. The number of hydrogen-bond acceptors (Lipinski definition) is 4. The molecule has 0 saturated carbocycles. The van der Waals surface area contributed by atoms with E-state index in [1.807, 2.05) is 12.1 Å². The predicted octanol–water partition coefficient (Wildman–Crippen LogP) is 2.10. The summed E-state index contributed by atoms with van der Waals surface area (Å²) >= 11 is 0. The highest BCUT2D eigenvalue weighted by molar-refractivity contribution is 5.95. The Balaban J connectivity index is 1.99. The Labute approximate surface area is 110 Å². The number of nitrogens with zero attached hydrogens (tertiary/aromatic N) is 4. The van der Waals surface area contributed by atoms with Gasteiger partial charge in [-0.2, -0.15) is 9.78 Å². The van der Waals surface area contributed by atoms with Crippen LogP contribution in [0.15, 0.2) is 49.1 Å². The summed E-state index contributed by atoms with van der Waals surface area (Å²) < 4.78 is 1.37. The minimum absolute atomic E-state index is 0.270. The van der Waals surface area contributed by atoms with Crippen LogP contribution in [0.5, 0.6) is 0 Å². The Bertz CT molecular complexity index is 655. The molecule has 0 N–H and O–H groups in total. The van der Waals surface area contributed by atoms with Gasteiger partial charge >= 0.3 is 0 Å². The summed E-state index contributed by atoms with van der Waals surface area (Å²) in [5.74, 6) is -0.270. The van der Waals surface area contributed by atoms with Crippen molar-refractivity contribution in [3.05, 3.63) is 60.5 Å². The zero-order chi connectivity index (χ0) is 13.1. The lowest BCUT2D eigenvalue weighted by Gasteiger charge is -2.09. The largest absolute Gasteiger partial charge is 0.298 e. The summed E-state index contributed by atoms with van der Waals surface area (Å²) in [6.45, 7) is 0. The molecule has 5 nitrogen and oxygen atoms in total. The van der Waals surface area contributed by atoms with Gasteiger partial charge in [0.15, 0.2) is 0 Å². The maximum atomic E-state index is 12.3. The molecule has 94 valence electrons. The smallest absolute Gasteiger partial charge is 0.265 e. The van der Waals surface area contributed by atoms with E-state index in [0.29, 0.717) is 0 Å². The van der Waals surface area contributed by atoms with Crippen LogP contribution in [-0.4, -0.2) is 25.7 Å². The molecule has 0 radical (unpaired) electrons. The molecular weight excluding hydrogens is 240 g/mol. The van der Waals surface area contributed by atoms with Crippen molar-refractivity contribution in [1.29, 1.82) is 0 Å². The molecule has 0 spiro atoms. The number of rotatable bonds is 2. The zero-order valence-electron chi connectivity index (χ0n) is 10.2. The highest BCUT2D eigenvalue weighted by Crippen LogP contribution is 2.21. The first-order valence-electron chi connectivity index (χ1n) is 6.08. The lowest BCUT2D eigenvalue weighted by atomic mass is 10.0. The molecule has 0 unspecified atom stereocenters. The van der Waals surface area contributed by atoms with Crippen molar-refractivity contribution in [3.8, 4) is 0 Å². The molecule has 3 rings (SSSR count). The van der Waals surface area contributed by atoms with E-state index in [9.17, 15) is 4.79 Å². The van der Waals surface area contributed by atoms with Gasteiger partial charge in [-0.25, -0.2) is 4.98 Å². The molecule has 19 heavy (non-hydrogen) atoms. The average molecular weight is 252 g/mol. The third-order valence-corrected chi connectivity index (χ3v) is 2.91. The standard InChI is InChI=1S/C14H12N4O/c19-14(12-10-15-8-9-16-12)18-13(6-7-17-18)11-4-2-1-3-5-11/h2,4-10H,1,3H2. The maximum absolute atomic E-state index is 12.3. The first kappa shape index (κ1) is 11.5. The maximum Gasteiger partial charge on any atom is 0.298 e. The van der Waals surface area contributed by atoms with Crippen LogP contribution in [-0.2, 0) is 0 Å². The third-order valence-electron chi connectivity index (χ3n) is 2.91. The topological polar surface area (TPSA) is 60.7 Å². The molecule has 1 aliphatic rings. The van der Waals surface area contributed by atoms with Gasteiger partial charge in [0.25, 0.3) is 5.91 Å². The van der Waals surface area contributed by atoms with Crippen LogP contribution in [0.1, 0.15) is 29.0 Å². The van der Waals surface area contributed by atoms with Gasteiger partial charge in [-0.1, -0.05) is 18.2 Å². The first-order chi connectivity index (χ1) is 9.36. The molecule has 2 aromatic rings. The summed E-state index contributed by atoms with van der Waals surface area (Å²) in [4.78, 5) is 20.2. The molecule has 0 amide bonds. The van der Waals surface area contributed by atoms with Gasteiger partial charge in [0.1, 0.15) is 5.69 Å². The Kier molecular flexibility index (Phi) is 3.02. The molecule has 0 saturated heterocycles. The second-order valence-electron chi connectivity index (χ2n) is 4.16. The van der Waals surface area contributed by atoms with Gasteiger partial charge in [-0.3, -0.25) is 9.78 Å². The van der Waals surface area contributed by atoms with Crippen molar-refractivity contribution in [2.24, 2.45) is 0 Å². The van der Waals surface area contributed by atoms with E-state index in [4.69, 9.17) is 0 Å². The van der Waals surface area contributed by atoms with Gasteiger partial charge in [-0.05, 0) is 24.5 Å². The second-order valence-corrected chi connectivity index (χ2v) is 4.16. The minimum atomic E-state index is -0.270. The van der Waals surface area contributed by atoms with E-state index >= 15 is 0 Å². The van der Waals surface area contributed by atoms with Crippen LogP contribution < -0.4 is 0 Å². The summed E-state index contributed by atoms with van der Waals surface area (Å²) in [6, 6.07) is 1.83. The van der Waals surface area contributed by atoms with Gasteiger partial charge in [0.05, 0.1) is 18.1 Å². The van der Waals surface area contributed by atoms with E-state index in [2.05, 4.69) is 27.2 Å². The Morgan fingerprint density at radius 3 is 2.89 bits per heavy atom. The van der Waals surface area contributed by atoms with E-state index in [1.54, 1.807) is 6.20 Å². The molecule has 2 heterocycles. The van der Waals surface area contributed by atoms with E-state index in [0.717, 1.165) is 24.1 Å². The lowest BCUT2D eigenvalue weighted by Crippen LogP contribution is -2.17. The van der Waals surface area contributed by atoms with Gasteiger partial charge in [-0.15, -0.1) is 0 Å². The molecule has 0 fully saturated rings. The van der Waals surface area contributed by atoms with E-state index in [1.165, 1.54) is 23.3 Å². The Morgan fingerprint density at radius 2 is 2.16 bits per heavy atom. The van der Waals surface area contributed by atoms with Gasteiger partial charge < -0.3 is 0 Å². The molecule has 0 aromatic carbocycles. The number of allylic oxidation sites excluding steroid dienone is 4. The van der Waals surface area contributed by atoms with Gasteiger partial charge in [0.2, 0.25) is 0 Å². The predicted molar refractivity (Wildman–Crippen MR) is 70.3 cm³/mol. The molecule has 1 aliphatic carbocycles. The number of hydrogen-bond donors (Lipinski definition) is 0. The molecule has 2 aromatic heterocycles. The summed E-state index contributed by atoms with van der Waals surface area (Å²) in [7, 11) is 0. The molecule has 0 atom stereocenters. The van der Waals surface area contributed by atoms with Crippen molar-refractivity contribution < 1.29 is 4.79 Å². The molecule has 0 aliphatic heterocycles. The zero-order valence-corrected chi connectivity index (χ0v) is 10.2. The lowest BCUT2D eigenvalue weighted by molar-refractivity contribution is 0.0938. The van der Waals surface area contributed by atoms with Crippen molar-refractivity contribution in [3.63, 3.8) is 0 Å². The Morgan fingerprint density at radius 1 is 1.21 bits per heavy atom. The van der Waals surface area contributed by atoms with Crippen LogP contribution >= 0.6 is 0 Å². The monoisotopic (exact) mass is 252 g/mol. The van der Waals surface area contributed by atoms with Crippen LogP contribution in [0, 0.1) is 0 Å². The van der Waals surface area contributed by atoms with Crippen LogP contribution in [0.3, 0.4) is 0 Å². The SMILES string of the molecule is O=C(c1cnccn1)n1nccc1C1=CCCC=C1. The summed E-state index contributed by atoms with van der Waals surface area (Å²) in [5, 5.41) is 4.09. The van der Waals surface area contributed by atoms with Crippen LogP contribution in [0.4, 0.5) is 0 Å². The van der Waals surface area contributed by atoms with Crippen molar-refractivity contribution >= 4 is 11.5 Å². The van der Waals surface area contributed by atoms with Crippen LogP contribution in [0.2, 0.25) is 0 Å². The summed E-state index contributed by atoms with van der Waals surface area (Å²) in [5.41, 5.74) is 2.08. The van der Waals surface area contributed by atoms with E-state index in [-0.39, 0.29) is 11.6 Å². The quantitative estimate of drug-likeness (QED) is 0.821. The van der Waals surface area contributed by atoms with Crippen molar-refractivity contribution in [1.82, 2.24) is 19.7 Å². The van der Waals surface area contributed by atoms with E-state index < -0.39 is 0 Å². The molecule has 0 bridgehead atoms. The second kappa shape index (κ2) is 4.97. The summed E-state index contributed by atoms with van der Waals surface area (Å²) in [6.07, 6.45) is 14.3. The normalized spacial score (nSPS) is 14.2. The molecular formula is C14H12N4O. The Hall–Kier alpha value is -2.56. The van der Waals surface area contributed by atoms with Crippen molar-refractivity contribution in [2.75, 3.05) is 0 Å². The third kappa shape index (κ3) is 2.22. The highest BCUT2D eigenvalue weighted by Gasteiger charge is 2.16. The number of aromatic nitrogens is 4. The highest BCUT2D eigenvalue weighted by atomic mass is 16.2. The minimum Gasteiger partial charge on any atom is -0.265 e. The fourth-order valence-corrected chi connectivity index (χ4v) is 2.01. The number of carbonyl (C=O) groups is 1. The first-order valence-corrected chi connectivity index (χ1v) is 6.08. The fourth-order valence-electron chi connectivity index (χ4n) is 2.01. The average Bonchev–Trinajstić information content (AvgIpc) is 2.98.